The van der Waals surface area contributed by atoms with Crippen LogP contribution in [0.1, 0.15) is 0 Å². The van der Waals surface area contributed by atoms with E-state index in [-0.39, 0.29) is 0 Å². The predicted molar refractivity (Wildman–Crippen MR) is 209 cm³/mol. The SMILES string of the molecule is c1ccc(-n2c3cc(-c4ccc(-c5ccc6c7ccccc7c7ccccc7c6c5)cn4)ccc3c3c4oc5ccccc5c4ccc32)cc1. The standard InChI is InChI=1S/C47H28N2O/c1-2-10-32(11-3-1)49-43-25-23-39-38-16-8-9-17-45(38)50-47(39)46(43)40-22-19-30(27-44(40)49)42-24-20-31(28-48-42)29-18-21-37-35-14-5-4-12-33(35)34-13-6-7-15-36(34)41(37)26-29/h1-28H. The van der Waals surface area contributed by atoms with Crippen LogP contribution in [0.15, 0.2) is 174 Å². The second-order valence-electron chi connectivity index (χ2n) is 13.1. The van der Waals surface area contributed by atoms with Gasteiger partial charge in [-0.25, -0.2) is 0 Å². The van der Waals surface area contributed by atoms with Gasteiger partial charge in [-0.3, -0.25) is 4.98 Å². The minimum Gasteiger partial charge on any atom is -0.455 e. The summed E-state index contributed by atoms with van der Waals surface area (Å²) >= 11 is 0. The fraction of sp³-hybridized carbons (Fsp3) is 0. The molecule has 3 aromatic heterocycles. The molecule has 50 heavy (non-hydrogen) atoms. The van der Waals surface area contributed by atoms with E-state index in [1.807, 2.05) is 18.3 Å². The molecule has 0 fully saturated rings. The molecule has 3 nitrogen and oxygen atoms in total. The first kappa shape index (κ1) is 27.3. The molecule has 0 atom stereocenters. The van der Waals surface area contributed by atoms with Gasteiger partial charge in [0, 0.05) is 39.2 Å². The van der Waals surface area contributed by atoms with E-state index in [1.165, 1.54) is 32.3 Å². The fourth-order valence-corrected chi connectivity index (χ4v) is 8.12. The van der Waals surface area contributed by atoms with Crippen LogP contribution in [0.3, 0.4) is 0 Å². The largest absolute Gasteiger partial charge is 0.455 e. The molecule has 0 aliphatic carbocycles. The van der Waals surface area contributed by atoms with Gasteiger partial charge in [-0.15, -0.1) is 0 Å². The van der Waals surface area contributed by atoms with Gasteiger partial charge in [0.25, 0.3) is 0 Å². The summed E-state index contributed by atoms with van der Waals surface area (Å²) in [5.41, 5.74) is 9.45. The lowest BCUT2D eigenvalue weighted by atomic mass is 9.92. The summed E-state index contributed by atoms with van der Waals surface area (Å²) in [6.45, 7) is 0. The average Bonchev–Trinajstić information content (AvgIpc) is 3.74. The highest BCUT2D eigenvalue weighted by Gasteiger charge is 2.19. The van der Waals surface area contributed by atoms with Crippen molar-refractivity contribution in [3.05, 3.63) is 170 Å². The zero-order valence-electron chi connectivity index (χ0n) is 27.0. The van der Waals surface area contributed by atoms with Gasteiger partial charge < -0.3 is 8.98 Å². The summed E-state index contributed by atoms with van der Waals surface area (Å²) in [5, 5.41) is 12.2. The third-order valence-corrected chi connectivity index (χ3v) is 10.4. The molecule has 11 rings (SSSR count). The maximum atomic E-state index is 6.54. The lowest BCUT2D eigenvalue weighted by molar-refractivity contribution is 0.673. The molecule has 232 valence electrons. The first-order valence-electron chi connectivity index (χ1n) is 17.0. The van der Waals surface area contributed by atoms with Crippen molar-refractivity contribution in [2.24, 2.45) is 0 Å². The summed E-state index contributed by atoms with van der Waals surface area (Å²) in [6, 6.07) is 58.6. The molecule has 3 heteroatoms. The lowest BCUT2D eigenvalue weighted by Crippen LogP contribution is -1.93. The predicted octanol–water partition coefficient (Wildman–Crippen LogP) is 12.9. The van der Waals surface area contributed by atoms with Crippen LogP contribution in [0, 0.1) is 0 Å². The number of fused-ring (bicyclic) bond motifs is 13. The second-order valence-corrected chi connectivity index (χ2v) is 13.1. The van der Waals surface area contributed by atoms with Crippen LogP contribution in [-0.4, -0.2) is 9.55 Å². The minimum absolute atomic E-state index is 0.907. The number of rotatable bonds is 3. The van der Waals surface area contributed by atoms with Gasteiger partial charge in [0.1, 0.15) is 11.2 Å². The van der Waals surface area contributed by atoms with Gasteiger partial charge in [0.15, 0.2) is 0 Å². The molecule has 8 aromatic carbocycles. The van der Waals surface area contributed by atoms with Crippen LogP contribution in [-0.2, 0) is 0 Å². The molecule has 0 bridgehead atoms. The molecule has 0 N–H and O–H groups in total. The van der Waals surface area contributed by atoms with Crippen molar-refractivity contribution in [1.29, 1.82) is 0 Å². The van der Waals surface area contributed by atoms with Crippen LogP contribution in [0.25, 0.3) is 104 Å². The van der Waals surface area contributed by atoms with E-state index >= 15 is 0 Å². The molecular weight excluding hydrogens is 609 g/mol. The molecule has 0 unspecified atom stereocenters. The van der Waals surface area contributed by atoms with Crippen LogP contribution >= 0.6 is 0 Å². The van der Waals surface area contributed by atoms with Crippen molar-refractivity contribution in [2.45, 2.75) is 0 Å². The van der Waals surface area contributed by atoms with Crippen molar-refractivity contribution < 1.29 is 4.42 Å². The Morgan fingerprint density at radius 1 is 0.400 bits per heavy atom. The summed E-state index contributed by atoms with van der Waals surface area (Å²) in [6.07, 6.45) is 2.01. The quantitative estimate of drug-likeness (QED) is 0.181. The van der Waals surface area contributed by atoms with Crippen LogP contribution < -0.4 is 0 Å². The topological polar surface area (TPSA) is 31.0 Å². The Balaban J connectivity index is 1.06. The smallest absolute Gasteiger partial charge is 0.145 e. The highest BCUT2D eigenvalue weighted by atomic mass is 16.3. The van der Waals surface area contributed by atoms with Crippen molar-refractivity contribution >= 4 is 76.1 Å². The number of hydrogen-bond donors (Lipinski definition) is 0. The molecule has 0 aliphatic rings. The van der Waals surface area contributed by atoms with E-state index in [1.54, 1.807) is 0 Å². The zero-order valence-corrected chi connectivity index (χ0v) is 27.0. The monoisotopic (exact) mass is 636 g/mol. The summed E-state index contributed by atoms with van der Waals surface area (Å²) in [5.74, 6) is 0. The van der Waals surface area contributed by atoms with Gasteiger partial charge in [0.05, 0.1) is 22.1 Å². The zero-order chi connectivity index (χ0) is 32.8. The molecule has 0 saturated carbocycles. The van der Waals surface area contributed by atoms with Crippen LogP contribution in [0.5, 0.6) is 0 Å². The average molecular weight is 637 g/mol. The molecule has 0 spiro atoms. The van der Waals surface area contributed by atoms with E-state index in [2.05, 4.69) is 156 Å². The van der Waals surface area contributed by atoms with E-state index in [0.717, 1.165) is 71.8 Å². The Morgan fingerprint density at radius 2 is 1.00 bits per heavy atom. The van der Waals surface area contributed by atoms with E-state index in [9.17, 15) is 0 Å². The molecule has 0 radical (unpaired) electrons. The molecule has 0 aliphatic heterocycles. The van der Waals surface area contributed by atoms with Crippen molar-refractivity contribution in [2.75, 3.05) is 0 Å². The lowest BCUT2D eigenvalue weighted by Gasteiger charge is -2.12. The number of benzene rings is 8. The van der Waals surface area contributed by atoms with Crippen molar-refractivity contribution in [3.8, 4) is 28.1 Å². The Kier molecular flexibility index (Phi) is 5.67. The van der Waals surface area contributed by atoms with Gasteiger partial charge in [-0.1, -0.05) is 115 Å². The van der Waals surface area contributed by atoms with Gasteiger partial charge in [0.2, 0.25) is 0 Å². The maximum absolute atomic E-state index is 6.54. The highest BCUT2D eigenvalue weighted by Crippen LogP contribution is 2.42. The summed E-state index contributed by atoms with van der Waals surface area (Å²) in [7, 11) is 0. The van der Waals surface area contributed by atoms with E-state index < -0.39 is 0 Å². The minimum atomic E-state index is 0.907. The maximum Gasteiger partial charge on any atom is 0.145 e. The second kappa shape index (κ2) is 10.4. The van der Waals surface area contributed by atoms with Crippen molar-refractivity contribution in [3.63, 3.8) is 0 Å². The number of hydrogen-bond acceptors (Lipinski definition) is 2. The van der Waals surface area contributed by atoms with Gasteiger partial charge in [-0.05, 0) is 86.4 Å². The molecule has 3 heterocycles. The Bertz CT molecular complexity index is 3100. The summed E-state index contributed by atoms with van der Waals surface area (Å²) in [4.78, 5) is 5.03. The molecular formula is C47H28N2O. The van der Waals surface area contributed by atoms with Crippen LogP contribution in [0.2, 0.25) is 0 Å². The first-order valence-corrected chi connectivity index (χ1v) is 17.0. The summed E-state index contributed by atoms with van der Waals surface area (Å²) < 4.78 is 8.88. The Labute approximate surface area is 287 Å². The number of aromatic nitrogens is 2. The first-order chi connectivity index (χ1) is 24.8. The third kappa shape index (κ3) is 3.89. The van der Waals surface area contributed by atoms with E-state index in [4.69, 9.17) is 9.40 Å². The van der Waals surface area contributed by atoms with Crippen LogP contribution in [0.4, 0.5) is 0 Å². The number of nitrogens with zero attached hydrogens (tertiary/aromatic N) is 2. The van der Waals surface area contributed by atoms with Gasteiger partial charge >= 0.3 is 0 Å². The third-order valence-electron chi connectivity index (χ3n) is 10.4. The normalized spacial score (nSPS) is 12.0. The number of pyridine rings is 1. The highest BCUT2D eigenvalue weighted by molar-refractivity contribution is 6.26. The fourth-order valence-electron chi connectivity index (χ4n) is 8.12. The number of para-hydroxylation sites is 2. The van der Waals surface area contributed by atoms with Gasteiger partial charge in [-0.2, -0.15) is 0 Å². The Hall–Kier alpha value is -6.71. The van der Waals surface area contributed by atoms with Crippen molar-refractivity contribution in [1.82, 2.24) is 9.55 Å². The molecule has 0 amide bonds. The Morgan fingerprint density at radius 3 is 1.74 bits per heavy atom. The van der Waals surface area contributed by atoms with E-state index in [0.29, 0.717) is 0 Å². The number of furan rings is 1. The molecule has 11 aromatic rings. The molecule has 0 saturated heterocycles.